The predicted octanol–water partition coefficient (Wildman–Crippen LogP) is 6.63. The van der Waals surface area contributed by atoms with E-state index in [1.165, 1.54) is 0 Å². The van der Waals surface area contributed by atoms with E-state index in [9.17, 15) is 0 Å². The molecule has 3 aliphatic heterocycles. The second kappa shape index (κ2) is 5.86. The fourth-order valence-electron chi connectivity index (χ4n) is 4.79. The summed E-state index contributed by atoms with van der Waals surface area (Å²) in [5.41, 5.74) is 2.34. The van der Waals surface area contributed by atoms with E-state index in [1.807, 2.05) is 65.6 Å². The first kappa shape index (κ1) is 17.7. The Balaban J connectivity index is 1.70. The van der Waals surface area contributed by atoms with Crippen molar-refractivity contribution in [2.45, 2.75) is 0 Å². The summed E-state index contributed by atoms with van der Waals surface area (Å²) >= 11 is 13.0. The van der Waals surface area contributed by atoms with Crippen molar-refractivity contribution in [3.05, 3.63) is 82.8 Å². The third-order valence-corrected chi connectivity index (χ3v) is 9.55. The molecule has 7 rings (SSSR count). The van der Waals surface area contributed by atoms with Crippen LogP contribution in [0.4, 0.5) is 17.1 Å². The lowest BCUT2D eigenvalue weighted by atomic mass is 10.1. The van der Waals surface area contributed by atoms with Gasteiger partial charge in [0.05, 0.1) is 22.0 Å². The monoisotopic (exact) mass is 463 g/mol. The minimum atomic E-state index is -3.29. The molecular weight excluding hydrogens is 452 g/mol. The Labute approximate surface area is 187 Å². The number of para-hydroxylation sites is 1. The highest BCUT2D eigenvalue weighted by Gasteiger charge is 2.53. The second-order valence-corrected chi connectivity index (χ2v) is 11.1. The average molecular weight is 464 g/mol. The number of rotatable bonds is 1. The molecule has 0 aliphatic carbocycles. The Morgan fingerprint density at radius 2 is 1.19 bits per heavy atom. The molecule has 7 heteroatoms. The molecule has 0 fully saturated rings. The van der Waals surface area contributed by atoms with Gasteiger partial charge in [0.1, 0.15) is 28.3 Å². The van der Waals surface area contributed by atoms with E-state index in [4.69, 9.17) is 32.7 Å². The first-order valence-electron chi connectivity index (χ1n) is 9.68. The summed E-state index contributed by atoms with van der Waals surface area (Å²) in [5.74, 6) is 2.07. The maximum Gasteiger partial charge on any atom is 0.189 e. The molecule has 4 nitrogen and oxygen atoms in total. The van der Waals surface area contributed by atoms with Crippen molar-refractivity contribution in [2.24, 2.45) is 0 Å². The van der Waals surface area contributed by atoms with E-state index >= 15 is 4.57 Å². The third-order valence-electron chi connectivity index (χ3n) is 5.88. The molecule has 0 N–H and O–H groups in total. The Bertz CT molecular complexity index is 1420. The molecule has 0 aromatic heterocycles. The van der Waals surface area contributed by atoms with Crippen LogP contribution in [-0.4, -0.2) is 0 Å². The highest BCUT2D eigenvalue weighted by Crippen LogP contribution is 2.65. The van der Waals surface area contributed by atoms with Crippen LogP contribution < -0.4 is 30.3 Å². The standard InChI is InChI=1S/C24H12Cl2NO3P/c25-13-9-16-22-20(11-13)29-18-7-4-8-19-24(18)31(22,28)23-17(10-14(26)12-21(23)30-19)27(16)15-5-2-1-3-6-15/h1-12H. The van der Waals surface area contributed by atoms with Crippen LogP contribution in [0.15, 0.2) is 72.8 Å². The minimum absolute atomic E-state index is 0.500. The molecule has 4 aromatic rings. The van der Waals surface area contributed by atoms with Crippen LogP contribution in [0.2, 0.25) is 10.0 Å². The number of ether oxygens (including phenoxy) is 2. The van der Waals surface area contributed by atoms with Crippen LogP contribution in [0.5, 0.6) is 23.0 Å². The van der Waals surface area contributed by atoms with E-state index < -0.39 is 7.14 Å². The molecule has 0 radical (unpaired) electrons. The van der Waals surface area contributed by atoms with Gasteiger partial charge in [-0.3, -0.25) is 0 Å². The van der Waals surface area contributed by atoms with E-state index in [0.717, 1.165) is 17.1 Å². The summed E-state index contributed by atoms with van der Waals surface area (Å²) in [6.45, 7) is 0. The molecule has 0 bridgehead atoms. The highest BCUT2D eigenvalue weighted by molar-refractivity contribution is 7.87. The quantitative estimate of drug-likeness (QED) is 0.256. The SMILES string of the molecule is O=P12c3c4cccc3Oc3cc(Cl)cc(c31)N(c1ccccc1)c1cc(Cl)cc(c12)O4. The zero-order valence-electron chi connectivity index (χ0n) is 15.8. The first-order valence-corrected chi connectivity index (χ1v) is 12.1. The van der Waals surface area contributed by atoms with Gasteiger partial charge in [0, 0.05) is 27.9 Å². The highest BCUT2D eigenvalue weighted by atomic mass is 35.5. The molecule has 31 heavy (non-hydrogen) atoms. The average Bonchev–Trinajstić information content (AvgIpc) is 2.73. The van der Waals surface area contributed by atoms with Gasteiger partial charge in [-0.2, -0.15) is 0 Å². The summed E-state index contributed by atoms with van der Waals surface area (Å²) in [6.07, 6.45) is 0. The van der Waals surface area contributed by atoms with Crippen LogP contribution in [0.1, 0.15) is 0 Å². The van der Waals surface area contributed by atoms with Crippen molar-refractivity contribution < 1.29 is 14.0 Å². The number of hydrogen-bond acceptors (Lipinski definition) is 4. The number of anilines is 3. The van der Waals surface area contributed by atoms with E-state index in [1.54, 1.807) is 12.1 Å². The topological polar surface area (TPSA) is 38.8 Å². The smallest absolute Gasteiger partial charge is 0.189 e. The number of halogens is 2. The lowest BCUT2D eigenvalue weighted by Gasteiger charge is -2.43. The lowest BCUT2D eigenvalue weighted by molar-refractivity contribution is 0.461. The number of benzene rings is 4. The van der Waals surface area contributed by atoms with Gasteiger partial charge in [-0.15, -0.1) is 0 Å². The van der Waals surface area contributed by atoms with E-state index in [-0.39, 0.29) is 0 Å². The zero-order valence-corrected chi connectivity index (χ0v) is 18.2. The Kier molecular flexibility index (Phi) is 3.35. The summed E-state index contributed by atoms with van der Waals surface area (Å²) < 4.78 is 27.6. The maximum atomic E-state index is 15.1. The van der Waals surface area contributed by atoms with Gasteiger partial charge in [-0.1, -0.05) is 47.5 Å². The Morgan fingerprint density at radius 3 is 1.74 bits per heavy atom. The summed E-state index contributed by atoms with van der Waals surface area (Å²) in [5, 5.41) is 2.87. The van der Waals surface area contributed by atoms with Crippen molar-refractivity contribution in [3.8, 4) is 23.0 Å². The van der Waals surface area contributed by atoms with Crippen LogP contribution in [0, 0.1) is 0 Å². The molecule has 3 aliphatic rings. The van der Waals surface area contributed by atoms with Crippen LogP contribution in [0.25, 0.3) is 0 Å². The van der Waals surface area contributed by atoms with Crippen LogP contribution in [0.3, 0.4) is 0 Å². The van der Waals surface area contributed by atoms with Crippen molar-refractivity contribution in [3.63, 3.8) is 0 Å². The fourth-order valence-corrected chi connectivity index (χ4v) is 8.54. The molecule has 3 heterocycles. The van der Waals surface area contributed by atoms with Gasteiger partial charge in [-0.05, 0) is 36.4 Å². The number of hydrogen-bond donors (Lipinski definition) is 0. The molecule has 0 saturated carbocycles. The first-order chi connectivity index (χ1) is 15.1. The van der Waals surface area contributed by atoms with Gasteiger partial charge in [0.2, 0.25) is 0 Å². The summed E-state index contributed by atoms with van der Waals surface area (Å²) in [6, 6.07) is 22.4. The van der Waals surface area contributed by atoms with Gasteiger partial charge in [0.15, 0.2) is 7.14 Å². The molecule has 0 amide bonds. The zero-order chi connectivity index (χ0) is 20.9. The lowest BCUT2D eigenvalue weighted by Crippen LogP contribution is -2.42. The van der Waals surface area contributed by atoms with E-state index in [2.05, 4.69) is 0 Å². The predicted molar refractivity (Wildman–Crippen MR) is 124 cm³/mol. The van der Waals surface area contributed by atoms with Crippen molar-refractivity contribution in [2.75, 3.05) is 4.90 Å². The van der Waals surface area contributed by atoms with E-state index in [0.29, 0.717) is 49.0 Å². The normalized spacial score (nSPS) is 15.6. The fraction of sp³-hybridized carbons (Fsp3) is 0. The Hall–Kier alpha value is -2.91. The summed E-state index contributed by atoms with van der Waals surface area (Å²) in [7, 11) is -3.29. The minimum Gasteiger partial charge on any atom is -0.455 e. The van der Waals surface area contributed by atoms with Crippen molar-refractivity contribution in [1.29, 1.82) is 0 Å². The van der Waals surface area contributed by atoms with Crippen LogP contribution >= 0.6 is 30.3 Å². The van der Waals surface area contributed by atoms with Gasteiger partial charge in [-0.25, -0.2) is 0 Å². The third kappa shape index (κ3) is 2.15. The van der Waals surface area contributed by atoms with Crippen LogP contribution in [-0.2, 0) is 4.57 Å². The molecular formula is C24H12Cl2NO3P. The molecule has 150 valence electrons. The molecule has 0 unspecified atom stereocenters. The molecule has 0 saturated heterocycles. The van der Waals surface area contributed by atoms with Crippen molar-refractivity contribution >= 4 is 63.3 Å². The summed E-state index contributed by atoms with van der Waals surface area (Å²) in [4.78, 5) is 2.03. The Morgan fingerprint density at radius 1 is 0.645 bits per heavy atom. The second-order valence-electron chi connectivity index (χ2n) is 7.63. The maximum absolute atomic E-state index is 15.1. The molecule has 0 atom stereocenters. The molecule has 0 spiro atoms. The largest absolute Gasteiger partial charge is 0.455 e. The van der Waals surface area contributed by atoms with Gasteiger partial charge < -0.3 is 18.9 Å². The van der Waals surface area contributed by atoms with Crippen molar-refractivity contribution in [1.82, 2.24) is 0 Å². The van der Waals surface area contributed by atoms with Gasteiger partial charge >= 0.3 is 0 Å². The number of nitrogens with zero attached hydrogens (tertiary/aromatic N) is 1. The van der Waals surface area contributed by atoms with Gasteiger partial charge in [0.25, 0.3) is 0 Å². The molecule has 4 aromatic carbocycles.